The molecule has 7 N–H and O–H groups in total. The first kappa shape index (κ1) is 88.0. The molecule has 0 unspecified atom stereocenters. The maximum absolute atomic E-state index is 15.4. The maximum Gasteiger partial charge on any atom is 0.323 e. The van der Waals surface area contributed by atoms with E-state index in [1.165, 1.54) is 123 Å². The van der Waals surface area contributed by atoms with Crippen molar-refractivity contribution in [1.29, 1.82) is 0 Å². The van der Waals surface area contributed by atoms with E-state index in [0.29, 0.717) is 0 Å². The molecule has 0 aromatic carbocycles. The number of nitrogens with zero attached hydrogens (tertiary/aromatic N) is 7. The molecule has 26 nitrogen and oxygen atoms in total. The van der Waals surface area contributed by atoms with E-state index in [1.807, 2.05) is 55.4 Å². The molecule has 1 saturated heterocycles. The SMILES string of the molecule is CC=CC[C@@H](C)[C@@H](O)[C@@H]1C(=O)N[C@H](CC)C(=O)N(C)[C@H](CSCSC[C@H](N)C(=O)OC)C(=O)N(C)[C@@H](CC(C)C)C(=O)N[C@H](C(C)C)C(=O)N(C)[C@H](CC(C)C)C(=O)N[C@H](C)C(=O)N[C@@H](C)C(=O)N(C)[C@H](CC(C)C)C(=O)N(C)[C@H](CC(C)C)C(=O)N(C)[C@H](C(C)C)C(=O)N1C. The van der Waals surface area contributed by atoms with Crippen molar-refractivity contribution in [3.63, 3.8) is 0 Å². The van der Waals surface area contributed by atoms with Crippen LogP contribution < -0.4 is 27.0 Å². The van der Waals surface area contributed by atoms with E-state index in [4.69, 9.17) is 10.5 Å². The van der Waals surface area contributed by atoms with Crippen LogP contribution in [0, 0.1) is 41.4 Å². The minimum Gasteiger partial charge on any atom is -0.468 e. The van der Waals surface area contributed by atoms with Gasteiger partial charge in [-0.1, -0.05) is 109 Å². The van der Waals surface area contributed by atoms with Crippen molar-refractivity contribution in [2.75, 3.05) is 73.0 Å². The van der Waals surface area contributed by atoms with Crippen molar-refractivity contribution >= 4 is 94.5 Å². The molecule has 11 amide bonds. The lowest BCUT2D eigenvalue weighted by atomic mass is 9.91. The second-order valence-corrected chi connectivity index (χ2v) is 30.7. The monoisotopic (exact) mass is 1390 g/mol. The van der Waals surface area contributed by atoms with Crippen LogP contribution in [0.2, 0.25) is 0 Å². The summed E-state index contributed by atoms with van der Waals surface area (Å²) in [5, 5.41) is 23.7. The second kappa shape index (κ2) is 41.4. The molecular formula is C68H122N12O14S2. The van der Waals surface area contributed by atoms with Crippen LogP contribution in [0.3, 0.4) is 0 Å². The van der Waals surface area contributed by atoms with E-state index in [9.17, 15) is 33.9 Å². The van der Waals surface area contributed by atoms with Crippen LogP contribution >= 0.6 is 23.5 Å². The number of likely N-dealkylation sites (N-methyl/N-ethyl adjacent to an activating group) is 7. The molecule has 550 valence electrons. The van der Waals surface area contributed by atoms with Gasteiger partial charge in [-0.15, -0.1) is 23.5 Å². The highest BCUT2D eigenvalue weighted by Gasteiger charge is 2.46. The topological polar surface area (TPSA) is 331 Å². The van der Waals surface area contributed by atoms with Gasteiger partial charge < -0.3 is 71.1 Å². The molecule has 14 atom stereocenters. The zero-order chi connectivity index (χ0) is 74.2. The van der Waals surface area contributed by atoms with Gasteiger partial charge in [0.1, 0.15) is 72.5 Å². The zero-order valence-corrected chi connectivity index (χ0v) is 64.0. The number of rotatable bonds is 22. The highest BCUT2D eigenvalue weighted by atomic mass is 32.2. The third kappa shape index (κ3) is 25.4. The first-order chi connectivity index (χ1) is 44.5. The van der Waals surface area contributed by atoms with E-state index in [0.717, 1.165) is 4.90 Å². The normalized spacial score (nSPS) is 26.2. The Bertz CT molecular complexity index is 2650. The predicted octanol–water partition coefficient (Wildman–Crippen LogP) is 3.56. The number of amides is 11. The molecule has 28 heteroatoms. The number of ether oxygens (including phenoxy) is 1. The zero-order valence-electron chi connectivity index (χ0n) is 62.3. The molecule has 0 radical (unpaired) electrons. The van der Waals surface area contributed by atoms with Crippen molar-refractivity contribution in [1.82, 2.24) is 55.6 Å². The number of esters is 1. The van der Waals surface area contributed by atoms with Gasteiger partial charge in [-0.25, -0.2) is 0 Å². The average molecular weight is 1400 g/mol. The molecule has 1 rings (SSSR count). The van der Waals surface area contributed by atoms with Gasteiger partial charge >= 0.3 is 5.97 Å². The van der Waals surface area contributed by atoms with Crippen LogP contribution in [-0.2, 0) is 62.3 Å². The number of aliphatic hydroxyl groups is 1. The lowest BCUT2D eigenvalue weighted by molar-refractivity contribution is -0.157. The van der Waals surface area contributed by atoms with Gasteiger partial charge in [0.05, 0.1) is 13.2 Å². The summed E-state index contributed by atoms with van der Waals surface area (Å²) in [6, 6.07) is -15.1. The number of hydrogen-bond acceptors (Lipinski definition) is 17. The molecule has 0 bridgehead atoms. The fraction of sp³-hybridized carbons (Fsp3) is 0.794. The number of carbonyl (C=O) groups excluding carboxylic acids is 12. The van der Waals surface area contributed by atoms with Gasteiger partial charge in [-0.05, 0) is 101 Å². The first-order valence-electron chi connectivity index (χ1n) is 33.8. The molecule has 0 spiro atoms. The van der Waals surface area contributed by atoms with E-state index in [1.54, 1.807) is 60.6 Å². The van der Waals surface area contributed by atoms with Gasteiger partial charge in [-0.2, -0.15) is 0 Å². The Morgan fingerprint density at radius 2 is 0.927 bits per heavy atom. The lowest BCUT2D eigenvalue weighted by Gasteiger charge is -2.41. The number of allylic oxidation sites excluding steroid dienone is 2. The Morgan fingerprint density at radius 3 is 1.39 bits per heavy atom. The summed E-state index contributed by atoms with van der Waals surface area (Å²) in [4.78, 5) is 185. The Morgan fingerprint density at radius 1 is 0.510 bits per heavy atom. The van der Waals surface area contributed by atoms with Crippen LogP contribution in [0.4, 0.5) is 0 Å². The quantitative estimate of drug-likeness (QED) is 0.0391. The van der Waals surface area contributed by atoms with Gasteiger partial charge in [0.25, 0.3) is 0 Å². The Labute approximate surface area is 581 Å². The third-order valence-electron chi connectivity index (χ3n) is 17.6. The summed E-state index contributed by atoms with van der Waals surface area (Å²) in [5.74, 6) is -10.9. The first-order valence-corrected chi connectivity index (χ1v) is 36.2. The molecule has 1 aliphatic rings. The summed E-state index contributed by atoms with van der Waals surface area (Å²) >= 11 is 2.53. The van der Waals surface area contributed by atoms with Crippen LogP contribution in [-0.4, -0.2) is 262 Å². The summed E-state index contributed by atoms with van der Waals surface area (Å²) in [7, 11) is 11.1. The fourth-order valence-electron chi connectivity index (χ4n) is 11.6. The molecule has 0 aromatic rings. The molecule has 0 aromatic heterocycles. The molecule has 1 aliphatic heterocycles. The number of thioether (sulfide) groups is 2. The molecule has 1 fully saturated rings. The number of nitrogens with one attached hydrogen (secondary N) is 4. The molecule has 0 aliphatic carbocycles. The van der Waals surface area contributed by atoms with Crippen molar-refractivity contribution in [3.8, 4) is 0 Å². The summed E-state index contributed by atoms with van der Waals surface area (Å²) in [5.41, 5.74) is 6.02. The van der Waals surface area contributed by atoms with Crippen LogP contribution in [0.5, 0.6) is 0 Å². The maximum atomic E-state index is 15.4. The van der Waals surface area contributed by atoms with Gasteiger partial charge in [0, 0.05) is 65.9 Å². The smallest absolute Gasteiger partial charge is 0.323 e. The summed E-state index contributed by atoms with van der Waals surface area (Å²) in [6.45, 7) is 29.7. The number of carbonyl (C=O) groups is 12. The predicted molar refractivity (Wildman–Crippen MR) is 377 cm³/mol. The van der Waals surface area contributed by atoms with Gasteiger partial charge in [0.2, 0.25) is 65.0 Å². The summed E-state index contributed by atoms with van der Waals surface area (Å²) in [6.07, 6.45) is 2.72. The molecule has 0 saturated carbocycles. The standard InChI is InChI=1S/C68H122N12O14S2/c1-26-28-29-43(15)56(81)55-60(85)72-47(27-2)62(87)78(22)52(35-96-36-95-34-46(69)68(93)94-25)65(90)74(18)49(31-38(5)6)59(84)73-53(41(11)12)66(91)75(19)48(30-37(3)4)58(83)70-44(16)57(82)71-45(17)61(86)76(20)50(32-39(7)8)63(88)77(21)51(33-40(9)10)64(89)79(23)54(42(13)14)67(92)80(55)24/h26,28,37-56,81H,27,29-36,69H2,1-25H3,(H,70,83)(H,71,82)(H,72,85)(H,73,84)/t43-,44-,45+,46+,47-,48-,49+,50-,51-,52-,53-,54-,55-,56-/m1/s1. The largest absolute Gasteiger partial charge is 0.468 e. The van der Waals surface area contributed by atoms with Crippen molar-refractivity contribution in [2.24, 2.45) is 47.2 Å². The minimum atomic E-state index is -1.67. The highest BCUT2D eigenvalue weighted by Crippen LogP contribution is 2.27. The third-order valence-corrected chi connectivity index (χ3v) is 20.1. The van der Waals surface area contributed by atoms with Crippen LogP contribution in [0.25, 0.3) is 0 Å². The number of aliphatic hydroxyl groups excluding tert-OH is 1. The summed E-state index contributed by atoms with van der Waals surface area (Å²) < 4.78 is 4.79. The number of methoxy groups -OCH3 is 1. The second-order valence-electron chi connectivity index (χ2n) is 28.3. The van der Waals surface area contributed by atoms with E-state index in [2.05, 4.69) is 21.3 Å². The van der Waals surface area contributed by atoms with Crippen molar-refractivity contribution in [3.05, 3.63) is 12.2 Å². The van der Waals surface area contributed by atoms with E-state index < -0.39 is 167 Å². The van der Waals surface area contributed by atoms with Gasteiger partial charge in [-0.3, -0.25) is 57.5 Å². The number of hydrogen-bond donors (Lipinski definition) is 6. The molecule has 1 heterocycles. The Hall–Kier alpha value is -6.00. The lowest BCUT2D eigenvalue weighted by Crippen LogP contribution is -2.64. The van der Waals surface area contributed by atoms with E-state index in [-0.39, 0.29) is 78.8 Å². The van der Waals surface area contributed by atoms with E-state index >= 15 is 28.8 Å². The number of nitrogens with two attached hydrogens (primary N) is 1. The molecular weight excluding hydrogens is 1270 g/mol. The van der Waals surface area contributed by atoms with Crippen molar-refractivity contribution in [2.45, 2.75) is 235 Å². The average Bonchev–Trinajstić information content (AvgIpc) is 0.822. The minimum absolute atomic E-state index is 0.0455. The molecule has 96 heavy (non-hydrogen) atoms. The fourth-order valence-corrected chi connectivity index (χ4v) is 13.8. The highest BCUT2D eigenvalue weighted by molar-refractivity contribution is 8.16. The van der Waals surface area contributed by atoms with Gasteiger partial charge in [0.15, 0.2) is 0 Å². The Kier molecular flexibility index (Phi) is 38.0. The van der Waals surface area contributed by atoms with Crippen LogP contribution in [0.1, 0.15) is 156 Å². The Balaban J connectivity index is 4.55. The van der Waals surface area contributed by atoms with Crippen LogP contribution in [0.15, 0.2) is 12.2 Å². The van der Waals surface area contributed by atoms with Crippen molar-refractivity contribution < 1.29 is 67.4 Å².